The highest BCUT2D eigenvalue weighted by Crippen LogP contribution is 2.65. The number of rotatable bonds is 10. The molecule has 15 heavy (non-hydrogen) atoms. The van der Waals surface area contributed by atoms with E-state index in [-0.39, 0.29) is 4.08 Å². The maximum absolute atomic E-state index is 10.7. The van der Waals surface area contributed by atoms with Gasteiger partial charge >= 0.3 is 0 Å². The fraction of sp³-hybridized carbons (Fsp3) is 0.909. The Balaban J connectivity index is 1.79. The third-order valence-electron chi connectivity index (χ3n) is 2.66. The van der Waals surface area contributed by atoms with E-state index in [1.807, 2.05) is 0 Å². The second-order valence-corrected chi connectivity index (χ2v) is 7.54. The van der Waals surface area contributed by atoms with E-state index in [4.69, 9.17) is 0 Å². The molecule has 0 unspecified atom stereocenters. The number of thiol groups is 1. The number of carbonyl (C=O) groups excluding carboxylic acids is 1. The molecule has 1 saturated heterocycles. The summed E-state index contributed by atoms with van der Waals surface area (Å²) in [6, 6.07) is 0. The SMILES string of the molecule is O=CC1(CCCCCCCCCS)SS1. The lowest BCUT2D eigenvalue weighted by molar-refractivity contribution is -0.108. The van der Waals surface area contributed by atoms with Crippen LogP contribution in [0.5, 0.6) is 0 Å². The lowest BCUT2D eigenvalue weighted by Crippen LogP contribution is -2.05. The van der Waals surface area contributed by atoms with Crippen LogP contribution in [-0.4, -0.2) is 16.1 Å². The van der Waals surface area contributed by atoms with Gasteiger partial charge in [-0.2, -0.15) is 12.6 Å². The molecule has 88 valence electrons. The molecule has 0 aromatic rings. The van der Waals surface area contributed by atoms with Crippen LogP contribution in [0.3, 0.4) is 0 Å². The summed E-state index contributed by atoms with van der Waals surface area (Å²) in [5.74, 6) is 1.02. The minimum atomic E-state index is -0.0218. The van der Waals surface area contributed by atoms with Gasteiger partial charge in [-0.25, -0.2) is 0 Å². The normalized spacial score (nSPS) is 17.7. The van der Waals surface area contributed by atoms with E-state index in [9.17, 15) is 4.79 Å². The highest BCUT2D eigenvalue weighted by Gasteiger charge is 2.45. The van der Waals surface area contributed by atoms with Gasteiger partial charge in [0.1, 0.15) is 10.4 Å². The molecule has 0 radical (unpaired) electrons. The molecule has 1 aliphatic rings. The lowest BCUT2D eigenvalue weighted by Gasteiger charge is -2.03. The fourth-order valence-corrected chi connectivity index (χ4v) is 3.52. The van der Waals surface area contributed by atoms with Crippen LogP contribution in [0.25, 0.3) is 0 Å². The zero-order valence-electron chi connectivity index (χ0n) is 9.11. The predicted octanol–water partition coefficient (Wildman–Crippen LogP) is 4.33. The third-order valence-corrected chi connectivity index (χ3v) is 5.96. The minimum absolute atomic E-state index is 0.0218. The molecular formula is C11H20OS3. The maximum Gasteiger partial charge on any atom is 0.147 e. The summed E-state index contributed by atoms with van der Waals surface area (Å²) < 4.78 is -0.0218. The van der Waals surface area contributed by atoms with Gasteiger partial charge in [0.15, 0.2) is 0 Å². The first-order chi connectivity index (χ1) is 7.33. The number of carbonyl (C=O) groups is 1. The second-order valence-electron chi connectivity index (χ2n) is 4.04. The highest BCUT2D eigenvalue weighted by molar-refractivity contribution is 8.94. The molecule has 1 fully saturated rings. The van der Waals surface area contributed by atoms with E-state index in [2.05, 4.69) is 12.6 Å². The molecule has 1 heterocycles. The summed E-state index contributed by atoms with van der Waals surface area (Å²) in [6.45, 7) is 0. The van der Waals surface area contributed by atoms with Crippen molar-refractivity contribution in [3.63, 3.8) is 0 Å². The summed E-state index contributed by atoms with van der Waals surface area (Å²) in [6.07, 6.45) is 11.3. The van der Waals surface area contributed by atoms with Crippen molar-refractivity contribution in [1.29, 1.82) is 0 Å². The summed E-state index contributed by atoms with van der Waals surface area (Å²) in [5, 5.41) is 0. The van der Waals surface area contributed by atoms with E-state index >= 15 is 0 Å². The van der Waals surface area contributed by atoms with Gasteiger partial charge in [0.2, 0.25) is 0 Å². The van der Waals surface area contributed by atoms with E-state index in [0.717, 1.165) is 18.5 Å². The van der Waals surface area contributed by atoms with Crippen LogP contribution in [-0.2, 0) is 4.79 Å². The van der Waals surface area contributed by atoms with Gasteiger partial charge in [0.25, 0.3) is 0 Å². The van der Waals surface area contributed by atoms with Gasteiger partial charge in [0.05, 0.1) is 0 Å². The Hall–Kier alpha value is 0.720. The van der Waals surface area contributed by atoms with E-state index in [1.165, 1.54) is 44.9 Å². The Morgan fingerprint density at radius 1 is 0.933 bits per heavy atom. The lowest BCUT2D eigenvalue weighted by atomic mass is 10.1. The quantitative estimate of drug-likeness (QED) is 0.208. The molecule has 1 nitrogen and oxygen atoms in total. The van der Waals surface area contributed by atoms with Gasteiger partial charge in [-0.1, -0.05) is 60.1 Å². The van der Waals surface area contributed by atoms with Gasteiger partial charge < -0.3 is 4.79 Å². The van der Waals surface area contributed by atoms with Crippen molar-refractivity contribution in [2.24, 2.45) is 0 Å². The van der Waals surface area contributed by atoms with Crippen LogP contribution >= 0.6 is 34.2 Å². The van der Waals surface area contributed by atoms with Crippen LogP contribution in [0.15, 0.2) is 0 Å². The first-order valence-electron chi connectivity index (χ1n) is 5.77. The third kappa shape index (κ3) is 6.12. The summed E-state index contributed by atoms with van der Waals surface area (Å²) in [5.41, 5.74) is 0. The highest BCUT2D eigenvalue weighted by atomic mass is 33.2. The first-order valence-corrected chi connectivity index (χ1v) is 8.55. The fourth-order valence-electron chi connectivity index (χ4n) is 1.60. The smallest absolute Gasteiger partial charge is 0.147 e. The van der Waals surface area contributed by atoms with Crippen molar-refractivity contribution in [3.8, 4) is 0 Å². The predicted molar refractivity (Wildman–Crippen MR) is 74.8 cm³/mol. The molecule has 0 atom stereocenters. The maximum atomic E-state index is 10.7. The van der Waals surface area contributed by atoms with Gasteiger partial charge in [-0.05, 0) is 18.6 Å². The van der Waals surface area contributed by atoms with Crippen molar-refractivity contribution in [2.75, 3.05) is 5.75 Å². The summed E-state index contributed by atoms with van der Waals surface area (Å²) in [4.78, 5) is 10.7. The number of unbranched alkanes of at least 4 members (excludes halogenated alkanes) is 6. The first kappa shape index (κ1) is 13.8. The second kappa shape index (κ2) is 7.91. The van der Waals surface area contributed by atoms with Crippen molar-refractivity contribution < 1.29 is 4.79 Å². The molecule has 0 N–H and O–H groups in total. The van der Waals surface area contributed by atoms with Crippen LogP contribution in [0, 0.1) is 0 Å². The van der Waals surface area contributed by atoms with Gasteiger partial charge in [-0.15, -0.1) is 0 Å². The minimum Gasteiger partial charge on any atom is -0.301 e. The Bertz CT molecular complexity index is 181. The molecule has 0 saturated carbocycles. The topological polar surface area (TPSA) is 17.1 Å². The Kier molecular flexibility index (Phi) is 7.27. The van der Waals surface area contributed by atoms with Gasteiger partial charge in [-0.3, -0.25) is 0 Å². The average molecular weight is 264 g/mol. The Labute approximate surface area is 106 Å². The molecular weight excluding hydrogens is 244 g/mol. The van der Waals surface area contributed by atoms with Crippen molar-refractivity contribution in [3.05, 3.63) is 0 Å². The van der Waals surface area contributed by atoms with Crippen LogP contribution in [0.4, 0.5) is 0 Å². The van der Waals surface area contributed by atoms with Crippen molar-refractivity contribution in [1.82, 2.24) is 0 Å². The van der Waals surface area contributed by atoms with Crippen LogP contribution < -0.4 is 0 Å². The molecule has 0 bridgehead atoms. The van der Waals surface area contributed by atoms with Crippen molar-refractivity contribution >= 4 is 40.5 Å². The largest absolute Gasteiger partial charge is 0.301 e. The molecule has 0 aromatic heterocycles. The molecule has 1 aliphatic heterocycles. The number of hydrogen-bond acceptors (Lipinski definition) is 4. The van der Waals surface area contributed by atoms with E-state index in [1.54, 1.807) is 21.6 Å². The summed E-state index contributed by atoms with van der Waals surface area (Å²) >= 11 is 4.19. The Morgan fingerprint density at radius 2 is 1.47 bits per heavy atom. The van der Waals surface area contributed by atoms with E-state index in [0.29, 0.717) is 0 Å². The van der Waals surface area contributed by atoms with Crippen LogP contribution in [0.2, 0.25) is 0 Å². The molecule has 4 heteroatoms. The molecule has 0 aromatic carbocycles. The van der Waals surface area contributed by atoms with Gasteiger partial charge in [0, 0.05) is 0 Å². The molecule has 0 spiro atoms. The standard InChI is InChI=1S/C11H20OS3/c12-10-11(14-15-11)8-6-4-2-1-3-5-7-9-13/h10,13H,1-9H2. The number of aldehydes is 1. The van der Waals surface area contributed by atoms with Crippen molar-refractivity contribution in [2.45, 2.75) is 55.4 Å². The molecule has 0 amide bonds. The Morgan fingerprint density at radius 3 is 1.93 bits per heavy atom. The van der Waals surface area contributed by atoms with E-state index < -0.39 is 0 Å². The average Bonchev–Trinajstić information content (AvgIpc) is 3.03. The monoisotopic (exact) mass is 264 g/mol. The molecule has 0 aliphatic carbocycles. The molecule has 1 rings (SSSR count). The zero-order valence-corrected chi connectivity index (χ0v) is 11.6. The zero-order chi connectivity index (χ0) is 11.0. The van der Waals surface area contributed by atoms with Crippen LogP contribution in [0.1, 0.15) is 51.4 Å². The summed E-state index contributed by atoms with van der Waals surface area (Å²) in [7, 11) is 3.46. The number of hydrogen-bond donors (Lipinski definition) is 1.